The number of hydrogen-bond acceptors (Lipinski definition) is 14. The smallest absolute Gasteiger partial charge is 0.358 e. The van der Waals surface area contributed by atoms with E-state index in [4.69, 9.17) is 38.7 Å². The molecule has 0 heterocycles. The van der Waals surface area contributed by atoms with E-state index in [0.29, 0.717) is 44.7 Å². The van der Waals surface area contributed by atoms with Crippen molar-refractivity contribution in [2.45, 2.75) is 114 Å². The average Bonchev–Trinajstić information content (AvgIpc) is 3.14. The molecule has 0 radical (unpaired) electrons. The molecule has 1 saturated carbocycles. The number of fused-ring (bicyclic) bond motifs is 1. The molecule has 0 aromatic rings. The highest BCUT2D eigenvalue weighted by Crippen LogP contribution is 2.59. The third-order valence-electron chi connectivity index (χ3n) is 11.0. The van der Waals surface area contributed by atoms with E-state index < -0.39 is 51.0 Å². The van der Waals surface area contributed by atoms with Gasteiger partial charge in [-0.2, -0.15) is 8.42 Å². The zero-order chi connectivity index (χ0) is 43.0. The maximum absolute atomic E-state index is 12.7. The Hall–Kier alpha value is -2.67. The highest BCUT2D eigenvalue weighted by molar-refractivity contribution is 7.84. The van der Waals surface area contributed by atoms with E-state index in [-0.39, 0.29) is 44.3 Å². The van der Waals surface area contributed by atoms with Gasteiger partial charge >= 0.3 is 34.2 Å². The first-order valence-electron chi connectivity index (χ1n) is 19.4. The summed E-state index contributed by atoms with van der Waals surface area (Å²) in [6, 6.07) is 0. The second-order valence-electron chi connectivity index (χ2n) is 16.6. The normalized spacial score (nSPS) is 20.7. The van der Waals surface area contributed by atoms with Crippen molar-refractivity contribution >= 4 is 34.2 Å². The van der Waals surface area contributed by atoms with Gasteiger partial charge in [0.05, 0.1) is 67.9 Å². The minimum Gasteiger partial charge on any atom is -0.481 e. The van der Waals surface area contributed by atoms with E-state index in [1.165, 1.54) is 26.7 Å². The van der Waals surface area contributed by atoms with Crippen molar-refractivity contribution in [3.63, 3.8) is 0 Å². The van der Waals surface area contributed by atoms with E-state index >= 15 is 0 Å². The summed E-state index contributed by atoms with van der Waals surface area (Å²) >= 11 is 0. The van der Waals surface area contributed by atoms with Gasteiger partial charge in [0.1, 0.15) is 13.2 Å². The third-order valence-corrected chi connectivity index (χ3v) is 11.6. The molecule has 0 amide bonds. The van der Waals surface area contributed by atoms with Gasteiger partial charge in [-0.25, -0.2) is 0 Å². The Morgan fingerprint density at radius 1 is 0.946 bits per heavy atom. The predicted octanol–water partition coefficient (Wildman–Crippen LogP) is 5.26. The lowest BCUT2D eigenvalue weighted by Gasteiger charge is -2.56. The van der Waals surface area contributed by atoms with Crippen molar-refractivity contribution < 1.29 is 70.5 Å². The summed E-state index contributed by atoms with van der Waals surface area (Å²) in [5, 5.41) is 17.4. The molecule has 0 aromatic heterocycles. The van der Waals surface area contributed by atoms with Crippen LogP contribution in [0.25, 0.3) is 0 Å². The Morgan fingerprint density at radius 3 is 2.11 bits per heavy atom. The van der Waals surface area contributed by atoms with E-state index in [1.54, 1.807) is 33.5 Å². The molecular formula is C39H69NO15S. The summed E-state index contributed by atoms with van der Waals surface area (Å²) < 4.78 is 58.3. The van der Waals surface area contributed by atoms with Crippen LogP contribution >= 0.6 is 0 Å². The van der Waals surface area contributed by atoms with Crippen LogP contribution in [0.15, 0.2) is 11.6 Å². The van der Waals surface area contributed by atoms with E-state index in [0.717, 1.165) is 23.1 Å². The molecule has 326 valence electrons. The average molecular weight is 824 g/mol. The Morgan fingerprint density at radius 2 is 1.57 bits per heavy atom. The molecule has 0 saturated heterocycles. The minimum absolute atomic E-state index is 0.0770. The number of carbonyl (C=O) groups excluding carboxylic acids is 3. The highest BCUT2D eigenvalue weighted by Gasteiger charge is 2.50. The van der Waals surface area contributed by atoms with E-state index in [2.05, 4.69) is 24.1 Å². The number of nitrogens with one attached hydrogen (secondary N) is 1. The third kappa shape index (κ3) is 15.9. The van der Waals surface area contributed by atoms with Crippen molar-refractivity contribution in [3.05, 3.63) is 11.6 Å². The van der Waals surface area contributed by atoms with Gasteiger partial charge in [0.2, 0.25) is 0 Å². The monoisotopic (exact) mass is 823 g/mol. The van der Waals surface area contributed by atoms with E-state index in [9.17, 15) is 27.6 Å². The summed E-state index contributed by atoms with van der Waals surface area (Å²) in [4.78, 5) is 49.0. The van der Waals surface area contributed by atoms with Gasteiger partial charge in [0.15, 0.2) is 0 Å². The Labute approximate surface area is 333 Å². The lowest BCUT2D eigenvalue weighted by Crippen LogP contribution is -2.48. The summed E-state index contributed by atoms with van der Waals surface area (Å²) in [5.74, 6) is -1.74. The molecule has 6 atom stereocenters. The van der Waals surface area contributed by atoms with Gasteiger partial charge in [-0.15, -0.1) is 0 Å². The Kier molecular flexibility index (Phi) is 21.1. The van der Waals surface area contributed by atoms with Gasteiger partial charge in [0.25, 0.3) is 0 Å². The zero-order valence-corrected chi connectivity index (χ0v) is 36.2. The van der Waals surface area contributed by atoms with Crippen LogP contribution < -0.4 is 4.89 Å². The fourth-order valence-electron chi connectivity index (χ4n) is 7.09. The van der Waals surface area contributed by atoms with Crippen LogP contribution in [0.2, 0.25) is 0 Å². The Balaban J connectivity index is 0.000000666. The zero-order valence-electron chi connectivity index (χ0n) is 35.4. The number of carbonyl (C=O) groups is 4. The SMILES string of the molecule is CCC(C)(CC(C)(C)C(=O)OCCOC(C)COCCC1=CCC2CC1C2(C)C)C(=O)OCCOC.CCOC(=O)C(C)CC(C)(COS(=O)(=O)NO)C(=O)O. The number of ether oxygens (including phenoxy) is 6. The molecule has 1 fully saturated rings. The summed E-state index contributed by atoms with van der Waals surface area (Å²) in [7, 11) is -2.87. The lowest BCUT2D eigenvalue weighted by atomic mass is 9.48. The molecule has 3 aliphatic rings. The number of methoxy groups -OCH3 is 1. The molecule has 3 N–H and O–H groups in total. The topological polar surface area (TPSA) is 220 Å². The number of esters is 3. The molecule has 17 heteroatoms. The largest absolute Gasteiger partial charge is 0.481 e. The second kappa shape index (κ2) is 23.1. The first kappa shape index (κ1) is 51.3. The standard InChI is InChI=1S/C29H50O7.C10H19NO8S/c1-9-29(7,26(31)36-15-14-32-8)20-27(3,4)25(30)35-17-16-34-21(2)19-33-13-12-22-10-11-23-18-24(22)28(23,5)6;1-4-18-8(12)7(2)5-10(3,9(13)14)6-19-20(16,17)11-15/h10,21,23-24H,9,11-20H2,1-8H3;7,11,15H,4-6H2,1-3H3,(H,13,14). The van der Waals surface area contributed by atoms with Crippen molar-refractivity contribution in [1.29, 1.82) is 0 Å². The number of carboxylic acids is 1. The van der Waals surface area contributed by atoms with Crippen LogP contribution in [-0.4, -0.2) is 109 Å². The molecule has 3 aliphatic carbocycles. The van der Waals surface area contributed by atoms with Gasteiger partial charge in [-0.05, 0) is 97.3 Å². The second-order valence-corrected chi connectivity index (χ2v) is 17.9. The van der Waals surface area contributed by atoms with Gasteiger partial charge < -0.3 is 38.7 Å². The number of rotatable bonds is 26. The first-order valence-corrected chi connectivity index (χ1v) is 20.8. The summed E-state index contributed by atoms with van der Waals surface area (Å²) in [6.07, 6.45) is 6.61. The maximum Gasteiger partial charge on any atom is 0.358 e. The minimum atomic E-state index is -4.43. The predicted molar refractivity (Wildman–Crippen MR) is 205 cm³/mol. The quantitative estimate of drug-likeness (QED) is 0.0333. The van der Waals surface area contributed by atoms with Crippen molar-refractivity contribution in [3.8, 4) is 0 Å². The summed E-state index contributed by atoms with van der Waals surface area (Å²) in [5.41, 5.74) is -1.22. The van der Waals surface area contributed by atoms with Crippen LogP contribution in [0.5, 0.6) is 0 Å². The molecule has 56 heavy (non-hydrogen) atoms. The molecule has 0 aliphatic heterocycles. The van der Waals surface area contributed by atoms with Crippen LogP contribution in [0.1, 0.15) is 108 Å². The molecule has 0 aromatic carbocycles. The van der Waals surface area contributed by atoms with Crippen LogP contribution in [0.4, 0.5) is 0 Å². The number of carboxylic acid groups (broad SMARTS) is 1. The number of allylic oxidation sites excluding steroid dienone is 1. The lowest BCUT2D eigenvalue weighted by molar-refractivity contribution is -0.165. The first-order chi connectivity index (χ1) is 25.9. The summed E-state index contributed by atoms with van der Waals surface area (Å²) in [6.45, 7) is 20.1. The van der Waals surface area contributed by atoms with Crippen molar-refractivity contribution in [2.75, 3.05) is 60.0 Å². The molecule has 2 bridgehead atoms. The number of aliphatic carboxylic acids is 1. The Bertz CT molecular complexity index is 1410. The molecule has 0 spiro atoms. The highest BCUT2D eigenvalue weighted by atomic mass is 32.2. The van der Waals surface area contributed by atoms with Crippen molar-refractivity contribution in [2.24, 2.45) is 39.4 Å². The van der Waals surface area contributed by atoms with E-state index in [1.807, 2.05) is 20.8 Å². The maximum atomic E-state index is 12.7. The van der Waals surface area contributed by atoms with Gasteiger partial charge in [0, 0.05) is 7.11 Å². The molecule has 3 rings (SSSR count). The molecule has 6 unspecified atom stereocenters. The molecule has 16 nitrogen and oxygen atoms in total. The van der Waals surface area contributed by atoms with Gasteiger partial charge in [-0.3, -0.25) is 23.4 Å². The van der Waals surface area contributed by atoms with Crippen molar-refractivity contribution in [1.82, 2.24) is 4.89 Å². The molecular weight excluding hydrogens is 754 g/mol. The fraction of sp³-hybridized carbons (Fsp3) is 0.846. The number of hydrogen-bond donors (Lipinski definition) is 3. The van der Waals surface area contributed by atoms with Gasteiger partial charge in [-0.1, -0.05) is 44.2 Å². The van der Waals surface area contributed by atoms with Crippen LogP contribution in [0.3, 0.4) is 0 Å². The van der Waals surface area contributed by atoms with Crippen LogP contribution in [-0.2, 0) is 62.1 Å². The fourth-order valence-corrected chi connectivity index (χ4v) is 7.56. The van der Waals surface area contributed by atoms with Crippen LogP contribution in [0, 0.1) is 39.4 Å².